The third-order valence-electron chi connectivity index (χ3n) is 5.92. The number of likely N-dealkylation sites (tertiary alicyclic amines) is 1. The molecule has 0 saturated carbocycles. The largest absolute Gasteiger partial charge is 0.339 e. The fourth-order valence-electron chi connectivity index (χ4n) is 4.09. The highest BCUT2D eigenvalue weighted by Crippen LogP contribution is 2.25. The van der Waals surface area contributed by atoms with Gasteiger partial charge in [0.25, 0.3) is 0 Å². The molecule has 1 aliphatic rings. The summed E-state index contributed by atoms with van der Waals surface area (Å²) >= 11 is 1.49. The van der Waals surface area contributed by atoms with E-state index in [1.165, 1.54) is 29.3 Å². The summed E-state index contributed by atoms with van der Waals surface area (Å²) in [6.07, 6.45) is 5.11. The maximum Gasteiger partial charge on any atom is 0.233 e. The SMILES string of the molecule is Cc1ccc(-n2c(CCc3ccccc3)nnc2SCC(=O)N2CCCC[C@@H]2C)cc1. The van der Waals surface area contributed by atoms with Crippen LogP contribution in [0, 0.1) is 6.92 Å². The summed E-state index contributed by atoms with van der Waals surface area (Å²) in [6, 6.07) is 19.2. The van der Waals surface area contributed by atoms with Crippen molar-refractivity contribution in [3.63, 3.8) is 0 Å². The first-order valence-corrected chi connectivity index (χ1v) is 12.1. The van der Waals surface area contributed by atoms with Crippen molar-refractivity contribution in [3.05, 3.63) is 71.5 Å². The highest BCUT2D eigenvalue weighted by atomic mass is 32.2. The van der Waals surface area contributed by atoms with E-state index in [2.05, 4.69) is 77.1 Å². The Morgan fingerprint density at radius 1 is 1.03 bits per heavy atom. The van der Waals surface area contributed by atoms with E-state index >= 15 is 0 Å². The molecule has 0 N–H and O–H groups in total. The second-order valence-corrected chi connectivity index (χ2v) is 9.22. The summed E-state index contributed by atoms with van der Waals surface area (Å²) in [5, 5.41) is 9.75. The molecule has 0 radical (unpaired) electrons. The van der Waals surface area contributed by atoms with Crippen LogP contribution in [0.4, 0.5) is 0 Å². The van der Waals surface area contributed by atoms with Gasteiger partial charge in [-0.25, -0.2) is 0 Å². The molecule has 1 atom stereocenters. The molecule has 3 aromatic rings. The van der Waals surface area contributed by atoms with Crippen molar-refractivity contribution in [2.24, 2.45) is 0 Å². The number of amides is 1. The number of hydrogen-bond donors (Lipinski definition) is 0. The van der Waals surface area contributed by atoms with E-state index in [9.17, 15) is 4.79 Å². The van der Waals surface area contributed by atoms with Crippen LogP contribution in [0.1, 0.15) is 43.1 Å². The van der Waals surface area contributed by atoms with Gasteiger partial charge in [-0.05, 0) is 57.2 Å². The lowest BCUT2D eigenvalue weighted by Gasteiger charge is -2.33. The van der Waals surface area contributed by atoms with E-state index < -0.39 is 0 Å². The minimum atomic E-state index is 0.196. The second-order valence-electron chi connectivity index (χ2n) is 8.28. The normalized spacial score (nSPS) is 16.5. The van der Waals surface area contributed by atoms with Crippen molar-refractivity contribution in [2.75, 3.05) is 12.3 Å². The first-order chi connectivity index (χ1) is 15.1. The average Bonchev–Trinajstić information content (AvgIpc) is 3.20. The number of rotatable bonds is 7. The van der Waals surface area contributed by atoms with Gasteiger partial charge in [-0.1, -0.05) is 59.8 Å². The van der Waals surface area contributed by atoms with Crippen molar-refractivity contribution < 1.29 is 4.79 Å². The fraction of sp³-hybridized carbons (Fsp3) is 0.400. The minimum absolute atomic E-state index is 0.196. The third kappa shape index (κ3) is 5.37. The molecule has 5 nitrogen and oxygen atoms in total. The van der Waals surface area contributed by atoms with E-state index in [0.29, 0.717) is 11.8 Å². The number of aryl methyl sites for hydroxylation is 3. The molecule has 31 heavy (non-hydrogen) atoms. The number of carbonyl (C=O) groups is 1. The van der Waals surface area contributed by atoms with Gasteiger partial charge >= 0.3 is 0 Å². The zero-order valence-corrected chi connectivity index (χ0v) is 19.1. The van der Waals surface area contributed by atoms with Crippen molar-refractivity contribution in [1.29, 1.82) is 0 Å². The molecule has 2 aromatic carbocycles. The molecule has 1 aromatic heterocycles. The molecule has 2 heterocycles. The summed E-state index contributed by atoms with van der Waals surface area (Å²) in [5.74, 6) is 1.52. The van der Waals surface area contributed by atoms with Gasteiger partial charge in [0.05, 0.1) is 5.75 Å². The lowest BCUT2D eigenvalue weighted by molar-refractivity contribution is -0.131. The summed E-state index contributed by atoms with van der Waals surface area (Å²) < 4.78 is 2.11. The number of piperidine rings is 1. The zero-order chi connectivity index (χ0) is 21.6. The molecule has 0 bridgehead atoms. The fourth-order valence-corrected chi connectivity index (χ4v) is 4.94. The van der Waals surface area contributed by atoms with E-state index in [0.717, 1.165) is 48.9 Å². The van der Waals surface area contributed by atoms with Gasteiger partial charge in [0.2, 0.25) is 5.91 Å². The van der Waals surface area contributed by atoms with Gasteiger partial charge in [-0.3, -0.25) is 9.36 Å². The highest BCUT2D eigenvalue weighted by molar-refractivity contribution is 7.99. The molecule has 1 saturated heterocycles. The molecule has 0 aliphatic carbocycles. The van der Waals surface area contributed by atoms with Crippen molar-refractivity contribution in [1.82, 2.24) is 19.7 Å². The molecule has 1 fully saturated rings. The van der Waals surface area contributed by atoms with Gasteiger partial charge < -0.3 is 4.90 Å². The number of thioether (sulfide) groups is 1. The Bertz CT molecular complexity index is 1000. The summed E-state index contributed by atoms with van der Waals surface area (Å²) in [6.45, 7) is 5.10. The van der Waals surface area contributed by atoms with Crippen LogP contribution in [-0.2, 0) is 17.6 Å². The average molecular weight is 435 g/mol. The van der Waals surface area contributed by atoms with Gasteiger partial charge in [0.1, 0.15) is 5.82 Å². The van der Waals surface area contributed by atoms with Gasteiger partial charge in [0.15, 0.2) is 5.16 Å². The van der Waals surface area contributed by atoms with Crippen molar-refractivity contribution in [3.8, 4) is 5.69 Å². The summed E-state index contributed by atoms with van der Waals surface area (Å²) in [5.41, 5.74) is 3.54. The molecule has 4 rings (SSSR count). The van der Waals surface area contributed by atoms with Crippen LogP contribution in [0.5, 0.6) is 0 Å². The first-order valence-electron chi connectivity index (χ1n) is 11.1. The topological polar surface area (TPSA) is 51.0 Å². The number of hydrogen-bond acceptors (Lipinski definition) is 4. The third-order valence-corrected chi connectivity index (χ3v) is 6.83. The molecular formula is C25H30N4OS. The Balaban J connectivity index is 1.53. The number of benzene rings is 2. The van der Waals surface area contributed by atoms with Gasteiger partial charge in [0, 0.05) is 24.7 Å². The highest BCUT2D eigenvalue weighted by Gasteiger charge is 2.24. The number of nitrogens with zero attached hydrogens (tertiary/aromatic N) is 4. The van der Waals surface area contributed by atoms with E-state index in [-0.39, 0.29) is 5.91 Å². The Morgan fingerprint density at radius 3 is 2.55 bits per heavy atom. The predicted molar refractivity (Wildman–Crippen MR) is 126 cm³/mol. The maximum atomic E-state index is 12.8. The van der Waals surface area contributed by atoms with Crippen LogP contribution in [0.15, 0.2) is 59.8 Å². The number of aromatic nitrogens is 3. The molecule has 0 unspecified atom stereocenters. The Morgan fingerprint density at radius 2 is 1.81 bits per heavy atom. The van der Waals surface area contributed by atoms with Crippen molar-refractivity contribution >= 4 is 17.7 Å². The Hall–Kier alpha value is -2.60. The van der Waals surface area contributed by atoms with Crippen LogP contribution in [0.25, 0.3) is 5.69 Å². The van der Waals surface area contributed by atoms with Crippen LogP contribution in [-0.4, -0.2) is 43.9 Å². The number of carbonyl (C=O) groups excluding carboxylic acids is 1. The van der Waals surface area contributed by atoms with Gasteiger partial charge in [-0.2, -0.15) is 0 Å². The maximum absolute atomic E-state index is 12.8. The smallest absolute Gasteiger partial charge is 0.233 e. The quantitative estimate of drug-likeness (QED) is 0.499. The van der Waals surface area contributed by atoms with Crippen LogP contribution in [0.3, 0.4) is 0 Å². The molecular weight excluding hydrogens is 404 g/mol. The summed E-state index contributed by atoms with van der Waals surface area (Å²) in [4.78, 5) is 14.9. The Labute approximate surface area is 188 Å². The van der Waals surface area contributed by atoms with E-state index in [4.69, 9.17) is 0 Å². The molecule has 162 valence electrons. The molecule has 0 spiro atoms. The van der Waals surface area contributed by atoms with Crippen LogP contribution >= 0.6 is 11.8 Å². The van der Waals surface area contributed by atoms with Crippen LogP contribution in [0.2, 0.25) is 0 Å². The van der Waals surface area contributed by atoms with Gasteiger partial charge in [-0.15, -0.1) is 10.2 Å². The summed E-state index contributed by atoms with van der Waals surface area (Å²) in [7, 11) is 0. The minimum Gasteiger partial charge on any atom is -0.339 e. The van der Waals surface area contributed by atoms with Crippen molar-refractivity contribution in [2.45, 2.75) is 57.1 Å². The molecule has 1 amide bonds. The molecule has 1 aliphatic heterocycles. The lowest BCUT2D eigenvalue weighted by atomic mass is 10.0. The zero-order valence-electron chi connectivity index (χ0n) is 18.3. The lowest BCUT2D eigenvalue weighted by Crippen LogP contribution is -2.42. The van der Waals surface area contributed by atoms with Crippen LogP contribution < -0.4 is 0 Å². The monoisotopic (exact) mass is 434 g/mol. The van der Waals surface area contributed by atoms with E-state index in [1.54, 1.807) is 0 Å². The first kappa shape index (κ1) is 21.6. The molecule has 6 heteroatoms. The Kier molecular flexibility index (Phi) is 7.07. The standard InChI is InChI=1S/C25H30N4OS/c1-19-11-14-22(15-12-19)29-23(16-13-21-9-4-3-5-10-21)26-27-25(29)31-18-24(30)28-17-7-6-8-20(28)2/h3-5,9-12,14-15,20H,6-8,13,16-18H2,1-2H3/t20-/m0/s1. The second kappa shape index (κ2) is 10.1. The predicted octanol–water partition coefficient (Wildman–Crippen LogP) is 4.85. The van der Waals surface area contributed by atoms with E-state index in [1.807, 2.05) is 11.0 Å².